The summed E-state index contributed by atoms with van der Waals surface area (Å²) in [5.41, 5.74) is 1.82. The van der Waals surface area contributed by atoms with Crippen molar-refractivity contribution < 1.29 is 32.5 Å². The summed E-state index contributed by atoms with van der Waals surface area (Å²) in [7, 11) is -2.32. The van der Waals surface area contributed by atoms with Crippen LogP contribution in [0, 0.1) is 5.92 Å². The number of aliphatic hydroxyl groups is 1. The highest BCUT2D eigenvalue weighted by atomic mass is 32.2. The number of aliphatic hydroxyl groups excluding tert-OH is 1. The number of sulfonamides is 1. The van der Waals surface area contributed by atoms with Gasteiger partial charge in [0.05, 0.1) is 13.2 Å². The molecule has 5 rings (SSSR count). The average molecular weight is 555 g/mol. The van der Waals surface area contributed by atoms with Crippen LogP contribution in [-0.2, 0) is 10.0 Å². The average Bonchev–Trinajstić information content (AvgIpc) is 3.42. The first-order valence-corrected chi connectivity index (χ1v) is 14.0. The van der Waals surface area contributed by atoms with Crippen molar-refractivity contribution >= 4 is 15.9 Å². The highest BCUT2D eigenvalue weighted by Crippen LogP contribution is 2.37. The number of benzene rings is 2. The van der Waals surface area contributed by atoms with Gasteiger partial charge in [0.1, 0.15) is 23.1 Å². The van der Waals surface area contributed by atoms with Crippen LogP contribution in [0.5, 0.6) is 17.2 Å². The minimum Gasteiger partial charge on any atom is -0.487 e. The van der Waals surface area contributed by atoms with E-state index in [-0.39, 0.29) is 49.0 Å². The number of hydrogen-bond acceptors (Lipinski definition) is 9. The Kier molecular flexibility index (Phi) is 7.43. The van der Waals surface area contributed by atoms with E-state index in [1.54, 1.807) is 61.6 Å². The van der Waals surface area contributed by atoms with Crippen LogP contribution in [0.25, 0.3) is 11.1 Å². The number of rotatable bonds is 6. The molecule has 206 valence electrons. The third-order valence-electron chi connectivity index (χ3n) is 6.98. The summed E-state index contributed by atoms with van der Waals surface area (Å²) in [5, 5.41) is 9.86. The summed E-state index contributed by atoms with van der Waals surface area (Å²) in [6.07, 6.45) is 4.11. The minimum absolute atomic E-state index is 0.00921. The van der Waals surface area contributed by atoms with Gasteiger partial charge in [-0.2, -0.15) is 4.31 Å². The fourth-order valence-corrected chi connectivity index (χ4v) is 6.50. The molecule has 0 spiro atoms. The fourth-order valence-electron chi connectivity index (χ4n) is 4.67. The smallest absolute Gasteiger partial charge is 0.253 e. The van der Waals surface area contributed by atoms with E-state index < -0.39 is 22.2 Å². The molecule has 0 fully saturated rings. The molecule has 0 aliphatic carbocycles. The third kappa shape index (κ3) is 5.27. The number of likely N-dealkylation sites (N-methyl/N-ethyl adjacent to an activating group) is 1. The van der Waals surface area contributed by atoms with Crippen molar-refractivity contribution in [3.05, 3.63) is 60.7 Å². The van der Waals surface area contributed by atoms with Gasteiger partial charge in [0.25, 0.3) is 5.91 Å². The van der Waals surface area contributed by atoms with Crippen LogP contribution in [0.3, 0.4) is 0 Å². The van der Waals surface area contributed by atoms with Crippen molar-refractivity contribution in [2.75, 3.05) is 33.5 Å². The predicted octanol–water partition coefficient (Wildman–Crippen LogP) is 2.41. The van der Waals surface area contributed by atoms with E-state index in [4.69, 9.17) is 14.2 Å². The van der Waals surface area contributed by atoms with Crippen molar-refractivity contribution in [3.63, 3.8) is 0 Å². The zero-order chi connectivity index (χ0) is 27.7. The molecule has 2 aromatic carbocycles. The van der Waals surface area contributed by atoms with E-state index >= 15 is 0 Å². The summed E-state index contributed by atoms with van der Waals surface area (Å²) in [6, 6.07) is 9.19. The summed E-state index contributed by atoms with van der Waals surface area (Å²) in [6.45, 7) is 3.60. The summed E-state index contributed by atoms with van der Waals surface area (Å²) in [5.74, 6) is 0.691. The van der Waals surface area contributed by atoms with Gasteiger partial charge in [-0.05, 0) is 42.8 Å². The maximum absolute atomic E-state index is 13.7. The Morgan fingerprint density at radius 3 is 2.59 bits per heavy atom. The monoisotopic (exact) mass is 554 g/mol. The molecule has 1 N–H and O–H groups in total. The van der Waals surface area contributed by atoms with Gasteiger partial charge in [0, 0.05) is 49.1 Å². The van der Waals surface area contributed by atoms with Crippen molar-refractivity contribution in [1.82, 2.24) is 19.2 Å². The van der Waals surface area contributed by atoms with E-state index in [0.717, 1.165) is 0 Å². The number of carbonyl (C=O) groups is 1. The van der Waals surface area contributed by atoms with Crippen LogP contribution < -0.4 is 14.2 Å². The Bertz CT molecular complexity index is 1470. The van der Waals surface area contributed by atoms with E-state index in [1.165, 1.54) is 16.7 Å². The lowest BCUT2D eigenvalue weighted by Crippen LogP contribution is -2.50. The SMILES string of the molecule is C[C@@H]1CN([C@@H](C)CO)S(=O)(=O)c2ccc(-c3cncnc3)cc2O[C@H]1CN(C)C(=O)c1ccc2c(c1)OCO2. The molecule has 12 heteroatoms. The molecule has 11 nitrogen and oxygen atoms in total. The third-order valence-corrected chi connectivity index (χ3v) is 9.00. The first-order chi connectivity index (χ1) is 18.7. The van der Waals surface area contributed by atoms with Gasteiger partial charge in [-0.15, -0.1) is 0 Å². The van der Waals surface area contributed by atoms with E-state index in [9.17, 15) is 18.3 Å². The molecular weight excluding hydrogens is 524 g/mol. The first kappa shape index (κ1) is 26.9. The molecule has 2 aliphatic rings. The largest absolute Gasteiger partial charge is 0.487 e. The molecule has 0 saturated carbocycles. The van der Waals surface area contributed by atoms with Gasteiger partial charge in [-0.3, -0.25) is 4.79 Å². The number of ether oxygens (including phenoxy) is 3. The zero-order valence-corrected chi connectivity index (χ0v) is 22.7. The predicted molar refractivity (Wildman–Crippen MR) is 141 cm³/mol. The van der Waals surface area contributed by atoms with Crippen LogP contribution in [-0.4, -0.2) is 84.3 Å². The second-order valence-electron chi connectivity index (χ2n) is 9.78. The number of nitrogens with zero attached hydrogens (tertiary/aromatic N) is 4. The van der Waals surface area contributed by atoms with Crippen molar-refractivity contribution in [1.29, 1.82) is 0 Å². The highest BCUT2D eigenvalue weighted by Gasteiger charge is 2.38. The normalized spacial score (nSPS) is 20.7. The fraction of sp³-hybridized carbons (Fsp3) is 0.370. The Morgan fingerprint density at radius 2 is 1.85 bits per heavy atom. The van der Waals surface area contributed by atoms with Crippen LogP contribution in [0.1, 0.15) is 24.2 Å². The number of aromatic nitrogens is 2. The second-order valence-corrected chi connectivity index (χ2v) is 11.6. The van der Waals surface area contributed by atoms with Crippen LogP contribution in [0.2, 0.25) is 0 Å². The topological polar surface area (TPSA) is 131 Å². The van der Waals surface area contributed by atoms with Gasteiger partial charge in [-0.25, -0.2) is 18.4 Å². The van der Waals surface area contributed by atoms with Crippen molar-refractivity contribution in [2.24, 2.45) is 5.92 Å². The second kappa shape index (κ2) is 10.8. The lowest BCUT2D eigenvalue weighted by atomic mass is 10.0. The molecule has 0 radical (unpaired) electrons. The molecule has 0 bridgehead atoms. The molecular formula is C27H30N4O7S. The molecule has 3 atom stereocenters. The molecule has 0 unspecified atom stereocenters. The van der Waals surface area contributed by atoms with Gasteiger partial charge in [0.2, 0.25) is 16.8 Å². The van der Waals surface area contributed by atoms with Gasteiger partial charge in [-0.1, -0.05) is 13.0 Å². The molecule has 39 heavy (non-hydrogen) atoms. The first-order valence-electron chi connectivity index (χ1n) is 12.5. The molecule has 1 aromatic heterocycles. The van der Waals surface area contributed by atoms with Crippen molar-refractivity contribution in [3.8, 4) is 28.4 Å². The summed E-state index contributed by atoms with van der Waals surface area (Å²) in [4.78, 5) is 22.9. The number of carbonyl (C=O) groups excluding carboxylic acids is 1. The number of hydrogen-bond donors (Lipinski definition) is 1. The van der Waals surface area contributed by atoms with Crippen LogP contribution in [0.15, 0.2) is 60.0 Å². The molecule has 3 aromatic rings. The van der Waals surface area contributed by atoms with Crippen molar-refractivity contribution in [2.45, 2.75) is 30.9 Å². The summed E-state index contributed by atoms with van der Waals surface area (Å²) >= 11 is 0. The lowest BCUT2D eigenvalue weighted by molar-refractivity contribution is 0.0563. The van der Waals surface area contributed by atoms with E-state index in [1.807, 2.05) is 6.92 Å². The Morgan fingerprint density at radius 1 is 1.10 bits per heavy atom. The van der Waals surface area contributed by atoms with E-state index in [2.05, 4.69) is 9.97 Å². The molecule has 2 aliphatic heterocycles. The molecule has 1 amide bonds. The van der Waals surface area contributed by atoms with Crippen LogP contribution in [0.4, 0.5) is 0 Å². The van der Waals surface area contributed by atoms with E-state index in [0.29, 0.717) is 28.2 Å². The van der Waals surface area contributed by atoms with Crippen LogP contribution >= 0.6 is 0 Å². The molecule has 0 saturated heterocycles. The number of amides is 1. The summed E-state index contributed by atoms with van der Waals surface area (Å²) < 4.78 is 45.9. The molecule has 3 heterocycles. The van der Waals surface area contributed by atoms with Gasteiger partial charge < -0.3 is 24.2 Å². The zero-order valence-electron chi connectivity index (χ0n) is 21.9. The standard InChI is InChI=1S/C27H30N4O7S/c1-17-12-31(18(2)14-32)39(34,35)26-7-5-19(21-10-28-15-29-11-21)8-24(26)38-25(17)13-30(3)27(33)20-4-6-22-23(9-20)37-16-36-22/h4-11,15,17-18,25,32H,12-14,16H2,1-3H3/t17-,18+,25+/m1/s1. The lowest BCUT2D eigenvalue weighted by Gasteiger charge is -2.37. The Labute approximate surface area is 227 Å². The number of fused-ring (bicyclic) bond motifs is 2. The van der Waals surface area contributed by atoms with Gasteiger partial charge >= 0.3 is 0 Å². The maximum Gasteiger partial charge on any atom is 0.253 e. The Hall–Kier alpha value is -3.74. The maximum atomic E-state index is 13.7. The quantitative estimate of drug-likeness (QED) is 0.488. The minimum atomic E-state index is -3.99. The van der Waals surface area contributed by atoms with Gasteiger partial charge in [0.15, 0.2) is 11.5 Å². The highest BCUT2D eigenvalue weighted by molar-refractivity contribution is 7.89. The Balaban J connectivity index is 1.49.